The van der Waals surface area contributed by atoms with Crippen molar-refractivity contribution in [1.82, 2.24) is 5.16 Å². The van der Waals surface area contributed by atoms with Crippen LogP contribution in [0.1, 0.15) is 37.7 Å². The molecule has 0 radical (unpaired) electrons. The molecule has 3 aromatic rings. The van der Waals surface area contributed by atoms with Gasteiger partial charge in [0.25, 0.3) is 5.91 Å². The second kappa shape index (κ2) is 8.75. The number of anilines is 1. The number of methoxy groups -OCH3 is 1. The summed E-state index contributed by atoms with van der Waals surface area (Å²) in [6, 6.07) is 14.4. The molecule has 0 unspecified atom stereocenters. The van der Waals surface area contributed by atoms with Crippen LogP contribution >= 0.6 is 11.8 Å². The van der Waals surface area contributed by atoms with E-state index in [4.69, 9.17) is 9.26 Å². The molecular weight excluding hydrogens is 376 g/mol. The lowest BCUT2D eigenvalue weighted by Gasteiger charge is -2.13. The minimum absolute atomic E-state index is 0.248. The number of thioether (sulfide) groups is 1. The van der Waals surface area contributed by atoms with Gasteiger partial charge in [0.05, 0.1) is 29.7 Å². The fraction of sp³-hybridized carbons (Fsp3) is 0.190. The highest BCUT2D eigenvalue weighted by Crippen LogP contribution is 2.28. The van der Waals surface area contributed by atoms with Gasteiger partial charge in [0.1, 0.15) is 5.76 Å². The van der Waals surface area contributed by atoms with Gasteiger partial charge in [0, 0.05) is 16.6 Å². The van der Waals surface area contributed by atoms with Crippen molar-refractivity contribution in [1.29, 1.82) is 0 Å². The van der Waals surface area contributed by atoms with Gasteiger partial charge < -0.3 is 14.6 Å². The smallest absolute Gasteiger partial charge is 0.338 e. The highest BCUT2D eigenvalue weighted by molar-refractivity contribution is 7.98. The Bertz CT molecular complexity index is 1010. The van der Waals surface area contributed by atoms with E-state index < -0.39 is 5.97 Å². The second-order valence-electron chi connectivity index (χ2n) is 6.14. The minimum Gasteiger partial charge on any atom is -0.465 e. The number of ether oxygens (including phenoxy) is 1. The fourth-order valence-corrected chi connectivity index (χ4v) is 3.63. The molecule has 1 aromatic heterocycles. The van der Waals surface area contributed by atoms with Gasteiger partial charge in [-0.15, -0.1) is 11.8 Å². The van der Waals surface area contributed by atoms with Gasteiger partial charge in [0.2, 0.25) is 0 Å². The molecule has 0 saturated heterocycles. The summed E-state index contributed by atoms with van der Waals surface area (Å²) in [6.07, 6.45) is 0. The van der Waals surface area contributed by atoms with E-state index in [1.165, 1.54) is 18.9 Å². The number of rotatable bonds is 6. The quantitative estimate of drug-likeness (QED) is 0.484. The summed E-state index contributed by atoms with van der Waals surface area (Å²) in [5, 5.41) is 6.77. The SMILES string of the molecule is COC(=O)c1cccc(NC(=O)c2ccccc2SCc2cc(C)no2)c1C. The van der Waals surface area contributed by atoms with Crippen LogP contribution in [-0.2, 0) is 10.5 Å². The van der Waals surface area contributed by atoms with Gasteiger partial charge in [-0.25, -0.2) is 4.79 Å². The van der Waals surface area contributed by atoms with Crippen molar-refractivity contribution in [3.8, 4) is 0 Å². The molecule has 0 saturated carbocycles. The molecule has 7 heteroatoms. The minimum atomic E-state index is -0.438. The highest BCUT2D eigenvalue weighted by Gasteiger charge is 2.16. The third kappa shape index (κ3) is 4.43. The first-order valence-corrected chi connectivity index (χ1v) is 9.61. The zero-order chi connectivity index (χ0) is 20.1. The van der Waals surface area contributed by atoms with Crippen molar-refractivity contribution in [2.24, 2.45) is 0 Å². The van der Waals surface area contributed by atoms with Crippen LogP contribution in [-0.4, -0.2) is 24.1 Å². The maximum Gasteiger partial charge on any atom is 0.338 e. The number of nitrogens with one attached hydrogen (secondary N) is 1. The summed E-state index contributed by atoms with van der Waals surface area (Å²) in [5.74, 6) is 0.635. The summed E-state index contributed by atoms with van der Waals surface area (Å²) in [5.41, 5.74) is 3.02. The first-order valence-electron chi connectivity index (χ1n) is 8.63. The van der Waals surface area contributed by atoms with Crippen molar-refractivity contribution < 1.29 is 18.8 Å². The number of esters is 1. The first-order chi connectivity index (χ1) is 13.5. The number of aromatic nitrogens is 1. The predicted octanol–water partition coefficient (Wildman–Crippen LogP) is 4.62. The van der Waals surface area contributed by atoms with E-state index in [0.717, 1.165) is 16.3 Å². The van der Waals surface area contributed by atoms with Gasteiger partial charge >= 0.3 is 5.97 Å². The molecule has 0 fully saturated rings. The Hall–Kier alpha value is -3.06. The number of hydrogen-bond donors (Lipinski definition) is 1. The lowest BCUT2D eigenvalue weighted by Crippen LogP contribution is -2.15. The van der Waals surface area contributed by atoms with Crippen molar-refractivity contribution >= 4 is 29.3 Å². The molecule has 0 aliphatic heterocycles. The van der Waals surface area contributed by atoms with Crippen molar-refractivity contribution in [3.05, 3.63) is 76.7 Å². The number of amides is 1. The van der Waals surface area contributed by atoms with Crippen LogP contribution in [0.25, 0.3) is 0 Å². The van der Waals surface area contributed by atoms with Gasteiger partial charge in [-0.05, 0) is 43.7 Å². The molecule has 28 heavy (non-hydrogen) atoms. The third-order valence-electron chi connectivity index (χ3n) is 4.17. The summed E-state index contributed by atoms with van der Waals surface area (Å²) in [4.78, 5) is 25.6. The van der Waals surface area contributed by atoms with Gasteiger partial charge in [-0.3, -0.25) is 4.79 Å². The second-order valence-corrected chi connectivity index (χ2v) is 7.16. The number of aryl methyl sites for hydroxylation is 1. The molecule has 0 spiro atoms. The molecule has 6 nitrogen and oxygen atoms in total. The Kier molecular flexibility index (Phi) is 6.16. The third-order valence-corrected chi connectivity index (χ3v) is 5.26. The Labute approximate surface area is 167 Å². The maximum absolute atomic E-state index is 12.9. The van der Waals surface area contributed by atoms with Crippen LogP contribution < -0.4 is 5.32 Å². The lowest BCUT2D eigenvalue weighted by molar-refractivity contribution is 0.0599. The predicted molar refractivity (Wildman–Crippen MR) is 108 cm³/mol. The van der Waals surface area contributed by atoms with Gasteiger partial charge in [0.15, 0.2) is 0 Å². The molecule has 1 heterocycles. The average Bonchev–Trinajstić information content (AvgIpc) is 3.12. The molecule has 0 atom stereocenters. The molecule has 1 amide bonds. The van der Waals surface area contributed by atoms with Crippen LogP contribution in [0.15, 0.2) is 57.9 Å². The monoisotopic (exact) mass is 396 g/mol. The zero-order valence-corrected chi connectivity index (χ0v) is 16.6. The van der Waals surface area contributed by atoms with Crippen LogP contribution in [0.2, 0.25) is 0 Å². The maximum atomic E-state index is 12.9. The van der Waals surface area contributed by atoms with E-state index in [0.29, 0.717) is 28.1 Å². The lowest BCUT2D eigenvalue weighted by atomic mass is 10.1. The normalized spacial score (nSPS) is 10.5. The Balaban J connectivity index is 1.79. The van der Waals surface area contributed by atoms with E-state index >= 15 is 0 Å². The number of carbonyl (C=O) groups is 2. The van der Waals surface area contributed by atoms with Crippen LogP contribution in [0.4, 0.5) is 5.69 Å². The molecule has 0 aliphatic carbocycles. The molecular formula is C21H20N2O4S. The Morgan fingerprint density at radius 3 is 2.57 bits per heavy atom. The number of hydrogen-bond acceptors (Lipinski definition) is 6. The summed E-state index contributed by atoms with van der Waals surface area (Å²) in [6.45, 7) is 3.64. The van der Waals surface area contributed by atoms with E-state index in [9.17, 15) is 9.59 Å². The standard InChI is InChI=1S/C21H20N2O4S/c1-13-11-15(27-23-13)12-28-19-10-5-4-7-17(19)20(24)22-18-9-6-8-16(14(18)2)21(25)26-3/h4-11H,12H2,1-3H3,(H,22,24). The largest absolute Gasteiger partial charge is 0.465 e. The summed E-state index contributed by atoms with van der Waals surface area (Å²) >= 11 is 1.50. The molecule has 144 valence electrons. The van der Waals surface area contributed by atoms with Gasteiger partial charge in [-0.2, -0.15) is 0 Å². The van der Waals surface area contributed by atoms with E-state index in [1.54, 1.807) is 31.2 Å². The van der Waals surface area contributed by atoms with Crippen molar-refractivity contribution in [2.45, 2.75) is 24.5 Å². The Morgan fingerprint density at radius 1 is 1.11 bits per heavy atom. The molecule has 0 aliphatic rings. The Morgan fingerprint density at radius 2 is 1.86 bits per heavy atom. The number of carbonyl (C=O) groups excluding carboxylic acids is 2. The number of nitrogens with zero attached hydrogens (tertiary/aromatic N) is 1. The molecule has 3 rings (SSSR count). The summed E-state index contributed by atoms with van der Waals surface area (Å²) in [7, 11) is 1.33. The first kappa shape index (κ1) is 19.7. The highest BCUT2D eigenvalue weighted by atomic mass is 32.2. The summed E-state index contributed by atoms with van der Waals surface area (Å²) < 4.78 is 10.0. The molecule has 0 bridgehead atoms. The topological polar surface area (TPSA) is 81.4 Å². The van der Waals surface area contributed by atoms with Gasteiger partial charge in [-0.1, -0.05) is 23.4 Å². The fourth-order valence-electron chi connectivity index (χ4n) is 2.71. The van der Waals surface area contributed by atoms with Crippen LogP contribution in [0.3, 0.4) is 0 Å². The van der Waals surface area contributed by atoms with Crippen molar-refractivity contribution in [2.75, 3.05) is 12.4 Å². The van der Waals surface area contributed by atoms with E-state index in [-0.39, 0.29) is 5.91 Å². The van der Waals surface area contributed by atoms with Crippen LogP contribution in [0, 0.1) is 13.8 Å². The zero-order valence-electron chi connectivity index (χ0n) is 15.8. The number of benzene rings is 2. The van der Waals surface area contributed by atoms with E-state index in [2.05, 4.69) is 10.5 Å². The van der Waals surface area contributed by atoms with E-state index in [1.807, 2.05) is 31.2 Å². The van der Waals surface area contributed by atoms with Crippen LogP contribution in [0.5, 0.6) is 0 Å². The molecule has 2 aromatic carbocycles. The average molecular weight is 396 g/mol. The van der Waals surface area contributed by atoms with Crippen molar-refractivity contribution in [3.63, 3.8) is 0 Å². The molecule has 1 N–H and O–H groups in total.